The van der Waals surface area contributed by atoms with Gasteiger partial charge < -0.3 is 20.4 Å². The third-order valence-electron chi connectivity index (χ3n) is 5.63. The van der Waals surface area contributed by atoms with Crippen LogP contribution < -0.4 is 15.5 Å². The average molecular weight is 565 g/mol. The molecule has 0 aliphatic carbocycles. The fourth-order valence-corrected chi connectivity index (χ4v) is 3.89. The summed E-state index contributed by atoms with van der Waals surface area (Å²) in [5, 5.41) is 6.97. The van der Waals surface area contributed by atoms with Crippen molar-refractivity contribution in [3.8, 4) is 0 Å². The standard InChI is InChI=1S/C25H36N6O.HI/c1-5-26-25(27-15-12-20-9-7-10-21(18-20)24(32)30(3)4)29-22-13-16-31(17-14-22)23-11-6-8-19(2)28-23;/h6-11,18,22H,5,12-17H2,1-4H3,(H2,26,27,29);1H. The molecule has 1 saturated heterocycles. The van der Waals surface area contributed by atoms with E-state index in [4.69, 9.17) is 4.99 Å². The predicted molar refractivity (Wildman–Crippen MR) is 147 cm³/mol. The van der Waals surface area contributed by atoms with Crippen LogP contribution in [0.5, 0.6) is 0 Å². The van der Waals surface area contributed by atoms with Crippen LogP contribution in [0.25, 0.3) is 0 Å². The number of nitrogens with zero attached hydrogens (tertiary/aromatic N) is 4. The molecule has 0 radical (unpaired) electrons. The van der Waals surface area contributed by atoms with Crippen LogP contribution in [-0.2, 0) is 6.42 Å². The number of carbonyl (C=O) groups excluding carboxylic acids is 1. The van der Waals surface area contributed by atoms with Crippen molar-refractivity contribution in [1.82, 2.24) is 20.5 Å². The summed E-state index contributed by atoms with van der Waals surface area (Å²) < 4.78 is 0. The Balaban J connectivity index is 0.00000385. The first-order valence-electron chi connectivity index (χ1n) is 11.5. The summed E-state index contributed by atoms with van der Waals surface area (Å²) in [5.41, 5.74) is 2.90. The van der Waals surface area contributed by atoms with Crippen molar-refractivity contribution >= 4 is 41.7 Å². The summed E-state index contributed by atoms with van der Waals surface area (Å²) in [6, 6.07) is 14.4. The van der Waals surface area contributed by atoms with E-state index in [2.05, 4.69) is 45.6 Å². The Bertz CT molecular complexity index is 925. The molecule has 2 aromatic rings. The topological polar surface area (TPSA) is 72.9 Å². The molecular formula is C25H37IN6O. The molecule has 0 bridgehead atoms. The third kappa shape index (κ3) is 8.17. The van der Waals surface area contributed by atoms with Crippen molar-refractivity contribution in [3.63, 3.8) is 0 Å². The molecule has 0 spiro atoms. The van der Waals surface area contributed by atoms with Crippen LogP contribution in [0.2, 0.25) is 0 Å². The first kappa shape index (κ1) is 26.9. The lowest BCUT2D eigenvalue weighted by atomic mass is 10.1. The van der Waals surface area contributed by atoms with Crippen LogP contribution >= 0.6 is 24.0 Å². The Morgan fingerprint density at radius 2 is 1.91 bits per heavy atom. The summed E-state index contributed by atoms with van der Waals surface area (Å²) in [4.78, 5) is 25.6. The molecule has 0 saturated carbocycles. The van der Waals surface area contributed by atoms with Gasteiger partial charge in [0.05, 0.1) is 0 Å². The molecule has 2 N–H and O–H groups in total. The zero-order valence-electron chi connectivity index (χ0n) is 20.2. The number of benzene rings is 1. The van der Waals surface area contributed by atoms with Crippen LogP contribution in [0, 0.1) is 6.92 Å². The van der Waals surface area contributed by atoms with Gasteiger partial charge in [-0.05, 0) is 62.9 Å². The number of aryl methyl sites for hydroxylation is 1. The van der Waals surface area contributed by atoms with Crippen LogP contribution in [0.3, 0.4) is 0 Å². The lowest BCUT2D eigenvalue weighted by Crippen LogP contribution is -2.49. The number of guanidine groups is 1. The first-order chi connectivity index (χ1) is 15.5. The number of amides is 1. The summed E-state index contributed by atoms with van der Waals surface area (Å²) >= 11 is 0. The minimum Gasteiger partial charge on any atom is -0.357 e. The largest absolute Gasteiger partial charge is 0.357 e. The van der Waals surface area contributed by atoms with E-state index >= 15 is 0 Å². The van der Waals surface area contributed by atoms with Crippen molar-refractivity contribution in [2.75, 3.05) is 45.2 Å². The fourth-order valence-electron chi connectivity index (χ4n) is 3.89. The number of piperidine rings is 1. The van der Waals surface area contributed by atoms with E-state index in [0.29, 0.717) is 12.6 Å². The van der Waals surface area contributed by atoms with Crippen molar-refractivity contribution in [2.24, 2.45) is 4.99 Å². The highest BCUT2D eigenvalue weighted by Crippen LogP contribution is 2.18. The van der Waals surface area contributed by atoms with E-state index in [9.17, 15) is 4.79 Å². The molecule has 180 valence electrons. The SMILES string of the molecule is CCNC(=NCCc1cccc(C(=O)N(C)C)c1)NC1CCN(c2cccc(C)n2)CC1.I. The van der Waals surface area contributed by atoms with Crippen molar-refractivity contribution < 1.29 is 4.79 Å². The van der Waals surface area contributed by atoms with Gasteiger partial charge in [-0.1, -0.05) is 18.2 Å². The average Bonchev–Trinajstić information content (AvgIpc) is 2.79. The maximum absolute atomic E-state index is 12.2. The molecule has 1 aliphatic heterocycles. The number of anilines is 1. The van der Waals surface area contributed by atoms with Gasteiger partial charge in [0.15, 0.2) is 5.96 Å². The maximum atomic E-state index is 12.2. The molecule has 33 heavy (non-hydrogen) atoms. The second-order valence-electron chi connectivity index (χ2n) is 8.45. The molecule has 1 fully saturated rings. The molecule has 3 rings (SSSR count). The van der Waals surface area contributed by atoms with E-state index in [-0.39, 0.29) is 29.9 Å². The lowest BCUT2D eigenvalue weighted by Gasteiger charge is -2.34. The Morgan fingerprint density at radius 1 is 1.18 bits per heavy atom. The zero-order valence-corrected chi connectivity index (χ0v) is 22.5. The lowest BCUT2D eigenvalue weighted by molar-refractivity contribution is 0.0827. The fraction of sp³-hybridized carbons (Fsp3) is 0.480. The smallest absolute Gasteiger partial charge is 0.253 e. The van der Waals surface area contributed by atoms with Gasteiger partial charge in [0, 0.05) is 57.6 Å². The molecule has 1 aromatic carbocycles. The molecule has 8 heteroatoms. The maximum Gasteiger partial charge on any atom is 0.253 e. The molecule has 2 heterocycles. The number of aromatic nitrogens is 1. The molecular weight excluding hydrogens is 527 g/mol. The molecule has 1 amide bonds. The second kappa shape index (κ2) is 13.4. The summed E-state index contributed by atoms with van der Waals surface area (Å²) in [6.45, 7) is 7.58. The van der Waals surface area contributed by atoms with Crippen LogP contribution in [0.1, 0.15) is 41.4 Å². The Hall–Kier alpha value is -2.36. The van der Waals surface area contributed by atoms with Gasteiger partial charge in [-0.2, -0.15) is 0 Å². The molecule has 0 atom stereocenters. The van der Waals surface area contributed by atoms with Gasteiger partial charge in [0.1, 0.15) is 5.82 Å². The number of hydrogen-bond donors (Lipinski definition) is 2. The zero-order chi connectivity index (χ0) is 22.9. The summed E-state index contributed by atoms with van der Waals surface area (Å²) in [6.07, 6.45) is 2.89. The van der Waals surface area contributed by atoms with Crippen molar-refractivity contribution in [1.29, 1.82) is 0 Å². The number of carbonyl (C=O) groups is 1. The highest BCUT2D eigenvalue weighted by atomic mass is 127. The van der Waals surface area contributed by atoms with Crippen LogP contribution in [0.15, 0.2) is 47.5 Å². The van der Waals surface area contributed by atoms with Crippen molar-refractivity contribution in [2.45, 2.75) is 39.2 Å². The van der Waals surface area contributed by atoms with Gasteiger partial charge in [0.2, 0.25) is 0 Å². The summed E-state index contributed by atoms with van der Waals surface area (Å²) in [5.74, 6) is 1.96. The highest BCUT2D eigenvalue weighted by Gasteiger charge is 2.21. The first-order valence-corrected chi connectivity index (χ1v) is 11.5. The van der Waals surface area contributed by atoms with E-state index < -0.39 is 0 Å². The Morgan fingerprint density at radius 3 is 2.58 bits per heavy atom. The van der Waals surface area contributed by atoms with Gasteiger partial charge in [-0.15, -0.1) is 24.0 Å². The molecule has 1 aliphatic rings. The minimum absolute atomic E-state index is 0. The van der Waals surface area contributed by atoms with Crippen LogP contribution in [-0.4, -0.2) is 68.1 Å². The van der Waals surface area contributed by atoms with Gasteiger partial charge >= 0.3 is 0 Å². The number of halogens is 1. The van der Waals surface area contributed by atoms with Crippen molar-refractivity contribution in [3.05, 3.63) is 59.3 Å². The number of rotatable bonds is 7. The molecule has 1 aromatic heterocycles. The number of hydrogen-bond acceptors (Lipinski definition) is 4. The quantitative estimate of drug-likeness (QED) is 0.306. The van der Waals surface area contributed by atoms with E-state index in [1.807, 2.05) is 31.2 Å². The normalized spacial score (nSPS) is 14.4. The van der Waals surface area contributed by atoms with E-state index in [1.54, 1.807) is 19.0 Å². The number of aliphatic imine (C=N–C) groups is 1. The minimum atomic E-state index is 0. The van der Waals surface area contributed by atoms with Gasteiger partial charge in [0.25, 0.3) is 5.91 Å². The van der Waals surface area contributed by atoms with Crippen LogP contribution in [0.4, 0.5) is 5.82 Å². The number of pyridine rings is 1. The Kier molecular flexibility index (Phi) is 10.9. The number of nitrogens with one attached hydrogen (secondary N) is 2. The second-order valence-corrected chi connectivity index (χ2v) is 8.45. The van der Waals surface area contributed by atoms with Gasteiger partial charge in [-0.25, -0.2) is 4.98 Å². The monoisotopic (exact) mass is 564 g/mol. The third-order valence-corrected chi connectivity index (χ3v) is 5.63. The Labute approximate surface area is 215 Å². The molecule has 7 nitrogen and oxygen atoms in total. The van der Waals surface area contributed by atoms with E-state index in [0.717, 1.165) is 67.5 Å². The predicted octanol–water partition coefficient (Wildman–Crippen LogP) is 3.48. The van der Waals surface area contributed by atoms with Gasteiger partial charge in [-0.3, -0.25) is 9.79 Å². The summed E-state index contributed by atoms with van der Waals surface area (Å²) in [7, 11) is 3.55. The van der Waals surface area contributed by atoms with E-state index in [1.165, 1.54) is 0 Å². The highest BCUT2D eigenvalue weighted by molar-refractivity contribution is 14.0. The molecule has 0 unspecified atom stereocenters.